The first-order valence-electron chi connectivity index (χ1n) is 8.56. The molecule has 0 aliphatic carbocycles. The van der Waals surface area contributed by atoms with Gasteiger partial charge in [0.2, 0.25) is 5.91 Å². The number of aryl methyl sites for hydroxylation is 2. The Bertz CT molecular complexity index is 1040. The van der Waals surface area contributed by atoms with Crippen LogP contribution in [0, 0.1) is 13.8 Å². The highest BCUT2D eigenvalue weighted by atomic mass is 16.5. The van der Waals surface area contributed by atoms with E-state index in [9.17, 15) is 9.59 Å². The number of ether oxygens (including phenoxy) is 1. The molecule has 138 valence electrons. The molecule has 0 atom stereocenters. The molecular formula is C21H21N3O3. The number of benzene rings is 2. The van der Waals surface area contributed by atoms with Crippen LogP contribution in [0.1, 0.15) is 11.1 Å². The lowest BCUT2D eigenvalue weighted by Crippen LogP contribution is -2.29. The molecule has 0 aliphatic rings. The number of hydrogen-bond donors (Lipinski definition) is 1. The molecule has 0 unspecified atom stereocenters. The van der Waals surface area contributed by atoms with E-state index < -0.39 is 0 Å². The fourth-order valence-electron chi connectivity index (χ4n) is 2.69. The maximum Gasteiger partial charge on any atom is 0.267 e. The average molecular weight is 363 g/mol. The summed E-state index contributed by atoms with van der Waals surface area (Å²) >= 11 is 0. The van der Waals surface area contributed by atoms with Gasteiger partial charge in [-0.05, 0) is 49.2 Å². The monoisotopic (exact) mass is 363 g/mol. The molecule has 6 heteroatoms. The summed E-state index contributed by atoms with van der Waals surface area (Å²) in [6.07, 6.45) is 0. The number of rotatable bonds is 5. The molecule has 1 aromatic heterocycles. The van der Waals surface area contributed by atoms with E-state index in [-0.39, 0.29) is 18.0 Å². The standard InChI is InChI=1S/C21H21N3O3/c1-14-8-9-16(12-15(14)2)17-10-11-21(26)24(23-17)13-20(25)22-18-6-4-5-7-19(18)27-3/h4-12H,13H2,1-3H3,(H,22,25). The number of amides is 1. The van der Waals surface area contributed by atoms with Crippen LogP contribution in [-0.4, -0.2) is 22.8 Å². The Hall–Kier alpha value is -3.41. The predicted molar refractivity (Wildman–Crippen MR) is 105 cm³/mol. The Kier molecular flexibility index (Phi) is 5.35. The number of nitrogens with zero attached hydrogens (tertiary/aromatic N) is 2. The highest BCUT2D eigenvalue weighted by Crippen LogP contribution is 2.23. The van der Waals surface area contributed by atoms with Gasteiger partial charge in [0.15, 0.2) is 0 Å². The van der Waals surface area contributed by atoms with Crippen LogP contribution in [0.4, 0.5) is 5.69 Å². The topological polar surface area (TPSA) is 73.2 Å². The van der Waals surface area contributed by atoms with E-state index in [0.29, 0.717) is 17.1 Å². The molecule has 3 aromatic rings. The minimum absolute atomic E-state index is 0.185. The van der Waals surface area contributed by atoms with Gasteiger partial charge >= 0.3 is 0 Å². The zero-order valence-corrected chi connectivity index (χ0v) is 15.5. The Balaban J connectivity index is 1.83. The van der Waals surface area contributed by atoms with Crippen molar-refractivity contribution in [2.45, 2.75) is 20.4 Å². The molecule has 0 aliphatic heterocycles. The van der Waals surface area contributed by atoms with Crippen molar-refractivity contribution < 1.29 is 9.53 Å². The molecule has 1 amide bonds. The number of hydrogen-bond acceptors (Lipinski definition) is 4. The van der Waals surface area contributed by atoms with Crippen LogP contribution in [0.25, 0.3) is 11.3 Å². The third-order valence-electron chi connectivity index (χ3n) is 4.34. The molecule has 3 rings (SSSR count). The lowest BCUT2D eigenvalue weighted by Gasteiger charge is -2.11. The van der Waals surface area contributed by atoms with Gasteiger partial charge in [-0.3, -0.25) is 9.59 Å². The molecule has 1 N–H and O–H groups in total. The van der Waals surface area contributed by atoms with Gasteiger partial charge < -0.3 is 10.1 Å². The molecule has 0 spiro atoms. The molecule has 6 nitrogen and oxygen atoms in total. The SMILES string of the molecule is COc1ccccc1NC(=O)Cn1nc(-c2ccc(C)c(C)c2)ccc1=O. The van der Waals surface area contributed by atoms with Crippen molar-refractivity contribution in [1.29, 1.82) is 0 Å². The van der Waals surface area contributed by atoms with E-state index in [1.165, 1.54) is 18.7 Å². The highest BCUT2D eigenvalue weighted by Gasteiger charge is 2.11. The van der Waals surface area contributed by atoms with Gasteiger partial charge in [-0.2, -0.15) is 5.10 Å². The van der Waals surface area contributed by atoms with Crippen molar-refractivity contribution in [2.24, 2.45) is 0 Å². The second-order valence-corrected chi connectivity index (χ2v) is 6.26. The Morgan fingerprint density at radius 2 is 1.85 bits per heavy atom. The Morgan fingerprint density at radius 1 is 1.07 bits per heavy atom. The summed E-state index contributed by atoms with van der Waals surface area (Å²) < 4.78 is 6.38. The zero-order valence-electron chi connectivity index (χ0n) is 15.5. The fraction of sp³-hybridized carbons (Fsp3) is 0.190. The normalized spacial score (nSPS) is 10.5. The molecule has 1 heterocycles. The lowest BCUT2D eigenvalue weighted by molar-refractivity contribution is -0.117. The van der Waals surface area contributed by atoms with E-state index in [2.05, 4.69) is 10.4 Å². The van der Waals surface area contributed by atoms with Crippen molar-refractivity contribution in [3.05, 3.63) is 76.1 Å². The maximum atomic E-state index is 12.4. The number of carbonyl (C=O) groups is 1. The summed E-state index contributed by atoms with van der Waals surface area (Å²) in [5, 5.41) is 7.10. The van der Waals surface area contributed by atoms with Crippen LogP contribution < -0.4 is 15.6 Å². The Labute approximate surface area is 157 Å². The minimum Gasteiger partial charge on any atom is -0.495 e. The van der Waals surface area contributed by atoms with Gasteiger partial charge in [0.05, 0.1) is 18.5 Å². The van der Waals surface area contributed by atoms with Gasteiger partial charge in [-0.1, -0.05) is 24.3 Å². The predicted octanol–water partition coefficient (Wildman–Crippen LogP) is 3.17. The van der Waals surface area contributed by atoms with Crippen molar-refractivity contribution in [3.63, 3.8) is 0 Å². The van der Waals surface area contributed by atoms with Gasteiger partial charge in [0.1, 0.15) is 12.3 Å². The van der Waals surface area contributed by atoms with Gasteiger partial charge in [0.25, 0.3) is 5.56 Å². The number of carbonyl (C=O) groups excluding carboxylic acids is 1. The molecular weight excluding hydrogens is 342 g/mol. The van der Waals surface area contributed by atoms with Crippen LogP contribution in [0.3, 0.4) is 0 Å². The van der Waals surface area contributed by atoms with Crippen molar-refractivity contribution in [3.8, 4) is 17.0 Å². The van der Waals surface area contributed by atoms with Crippen LogP contribution in [0.15, 0.2) is 59.4 Å². The summed E-state index contributed by atoms with van der Waals surface area (Å²) in [6, 6.07) is 16.2. The van der Waals surface area contributed by atoms with Crippen molar-refractivity contribution in [2.75, 3.05) is 12.4 Å². The zero-order chi connectivity index (χ0) is 19.4. The molecule has 0 saturated heterocycles. The van der Waals surface area contributed by atoms with E-state index in [4.69, 9.17) is 4.74 Å². The minimum atomic E-state index is -0.355. The second kappa shape index (κ2) is 7.86. The molecule has 0 bridgehead atoms. The van der Waals surface area contributed by atoms with Gasteiger partial charge in [-0.25, -0.2) is 4.68 Å². The highest BCUT2D eigenvalue weighted by molar-refractivity contribution is 5.92. The Morgan fingerprint density at radius 3 is 2.59 bits per heavy atom. The van der Waals surface area contributed by atoms with Crippen LogP contribution in [0.5, 0.6) is 5.75 Å². The molecule has 0 saturated carbocycles. The first-order valence-corrected chi connectivity index (χ1v) is 8.56. The number of anilines is 1. The number of para-hydroxylation sites is 2. The van der Waals surface area contributed by atoms with Gasteiger partial charge in [0, 0.05) is 11.6 Å². The molecule has 0 fully saturated rings. The first kappa shape index (κ1) is 18.4. The van der Waals surface area contributed by atoms with Gasteiger partial charge in [-0.15, -0.1) is 0 Å². The van der Waals surface area contributed by atoms with E-state index >= 15 is 0 Å². The lowest BCUT2D eigenvalue weighted by atomic mass is 10.0. The fourth-order valence-corrected chi connectivity index (χ4v) is 2.69. The van der Waals surface area contributed by atoms with E-state index in [1.54, 1.807) is 24.3 Å². The van der Waals surface area contributed by atoms with Crippen molar-refractivity contribution in [1.82, 2.24) is 9.78 Å². The third-order valence-corrected chi connectivity index (χ3v) is 4.34. The number of methoxy groups -OCH3 is 1. The molecule has 2 aromatic carbocycles. The average Bonchev–Trinajstić information content (AvgIpc) is 2.66. The summed E-state index contributed by atoms with van der Waals surface area (Å²) in [4.78, 5) is 24.5. The summed E-state index contributed by atoms with van der Waals surface area (Å²) in [5.74, 6) is 0.196. The largest absolute Gasteiger partial charge is 0.495 e. The number of aromatic nitrogens is 2. The quantitative estimate of drug-likeness (QED) is 0.756. The van der Waals surface area contributed by atoms with Crippen LogP contribution in [-0.2, 0) is 11.3 Å². The number of nitrogens with one attached hydrogen (secondary N) is 1. The smallest absolute Gasteiger partial charge is 0.267 e. The van der Waals surface area contributed by atoms with Crippen LogP contribution in [0.2, 0.25) is 0 Å². The van der Waals surface area contributed by atoms with Crippen LogP contribution >= 0.6 is 0 Å². The van der Waals surface area contributed by atoms with E-state index in [1.807, 2.05) is 38.1 Å². The third kappa shape index (κ3) is 4.23. The summed E-state index contributed by atoms with van der Waals surface area (Å²) in [6.45, 7) is 3.88. The summed E-state index contributed by atoms with van der Waals surface area (Å²) in [7, 11) is 1.53. The maximum absolute atomic E-state index is 12.4. The molecule has 0 radical (unpaired) electrons. The first-order chi connectivity index (χ1) is 13.0. The second-order valence-electron chi connectivity index (χ2n) is 6.26. The molecule has 27 heavy (non-hydrogen) atoms. The van der Waals surface area contributed by atoms with Crippen molar-refractivity contribution >= 4 is 11.6 Å². The summed E-state index contributed by atoms with van der Waals surface area (Å²) in [5.41, 5.74) is 4.07. The van der Waals surface area contributed by atoms with E-state index in [0.717, 1.165) is 15.8 Å².